The largest absolute Gasteiger partial charge is 0.337 e. The van der Waals surface area contributed by atoms with Gasteiger partial charge in [0.05, 0.1) is 11.6 Å². The van der Waals surface area contributed by atoms with Crippen LogP contribution in [0, 0.1) is 17.6 Å². The normalized spacial score (nSPS) is 27.7. The molecule has 0 radical (unpaired) electrons. The van der Waals surface area contributed by atoms with Gasteiger partial charge in [-0.15, -0.1) is 0 Å². The molecule has 1 N–H and O–H groups in total. The van der Waals surface area contributed by atoms with Crippen LogP contribution in [0.4, 0.5) is 14.5 Å². The van der Waals surface area contributed by atoms with E-state index in [1.54, 1.807) is 4.90 Å². The van der Waals surface area contributed by atoms with E-state index in [1.807, 2.05) is 13.8 Å². The highest BCUT2D eigenvalue weighted by atomic mass is 19.1. The standard InChI is InChI=1S/C17H21F2N3O2/c1-10-11(2)21(6-5-20-10)17(24)12-7-16(23)22(9-12)15-4-3-13(18)8-14(15)19/h3-4,8,10-12,20H,5-7,9H2,1-2H3. The van der Waals surface area contributed by atoms with Crippen LogP contribution in [-0.2, 0) is 9.59 Å². The van der Waals surface area contributed by atoms with Crippen molar-refractivity contribution in [3.05, 3.63) is 29.8 Å². The molecule has 2 aliphatic rings. The topological polar surface area (TPSA) is 52.7 Å². The molecule has 2 aliphatic heterocycles. The maximum Gasteiger partial charge on any atom is 0.228 e. The minimum absolute atomic E-state index is 0.0263. The van der Waals surface area contributed by atoms with Crippen molar-refractivity contribution >= 4 is 17.5 Å². The molecule has 0 saturated carbocycles. The van der Waals surface area contributed by atoms with E-state index in [0.29, 0.717) is 13.1 Å². The summed E-state index contributed by atoms with van der Waals surface area (Å²) >= 11 is 0. The molecule has 3 rings (SSSR count). The highest BCUT2D eigenvalue weighted by molar-refractivity contribution is 6.00. The number of nitrogens with zero attached hydrogens (tertiary/aromatic N) is 2. The summed E-state index contributed by atoms with van der Waals surface area (Å²) in [6, 6.07) is 3.33. The van der Waals surface area contributed by atoms with Crippen molar-refractivity contribution in [3.8, 4) is 0 Å². The highest BCUT2D eigenvalue weighted by Crippen LogP contribution is 2.29. The molecule has 1 aromatic rings. The molecule has 2 heterocycles. The molecule has 0 aliphatic carbocycles. The highest BCUT2D eigenvalue weighted by Gasteiger charge is 2.40. The first-order chi connectivity index (χ1) is 11.4. The average molecular weight is 337 g/mol. The van der Waals surface area contributed by atoms with Gasteiger partial charge < -0.3 is 15.1 Å². The second-order valence-corrected chi connectivity index (χ2v) is 6.52. The summed E-state index contributed by atoms with van der Waals surface area (Å²) in [5, 5.41) is 3.31. The van der Waals surface area contributed by atoms with Gasteiger partial charge >= 0.3 is 0 Å². The maximum absolute atomic E-state index is 13.9. The molecule has 3 atom stereocenters. The monoisotopic (exact) mass is 337 g/mol. The van der Waals surface area contributed by atoms with Crippen molar-refractivity contribution in [1.29, 1.82) is 0 Å². The number of rotatable bonds is 2. The molecule has 2 fully saturated rings. The molecule has 130 valence electrons. The van der Waals surface area contributed by atoms with Gasteiger partial charge in [0.1, 0.15) is 11.6 Å². The summed E-state index contributed by atoms with van der Waals surface area (Å²) in [7, 11) is 0. The molecule has 24 heavy (non-hydrogen) atoms. The average Bonchev–Trinajstić information content (AvgIpc) is 2.91. The molecule has 0 bridgehead atoms. The first-order valence-electron chi connectivity index (χ1n) is 8.17. The van der Waals surface area contributed by atoms with E-state index in [4.69, 9.17) is 0 Å². The van der Waals surface area contributed by atoms with E-state index in [0.717, 1.165) is 12.1 Å². The predicted octanol–water partition coefficient (Wildman–Crippen LogP) is 1.53. The van der Waals surface area contributed by atoms with Crippen molar-refractivity contribution in [2.24, 2.45) is 5.92 Å². The smallest absolute Gasteiger partial charge is 0.228 e. The number of amides is 2. The van der Waals surface area contributed by atoms with Crippen LogP contribution in [0.2, 0.25) is 0 Å². The Labute approximate surface area is 139 Å². The van der Waals surface area contributed by atoms with Crippen LogP contribution in [0.3, 0.4) is 0 Å². The third-order valence-electron chi connectivity index (χ3n) is 4.99. The van der Waals surface area contributed by atoms with Gasteiger partial charge in [-0.2, -0.15) is 0 Å². The third kappa shape index (κ3) is 3.00. The van der Waals surface area contributed by atoms with Crippen LogP contribution in [0.5, 0.6) is 0 Å². The summed E-state index contributed by atoms with van der Waals surface area (Å²) < 4.78 is 27.0. The van der Waals surface area contributed by atoms with Gasteiger partial charge in [-0.05, 0) is 26.0 Å². The Hall–Kier alpha value is -2.02. The van der Waals surface area contributed by atoms with E-state index in [1.165, 1.54) is 11.0 Å². The van der Waals surface area contributed by atoms with Crippen LogP contribution in [0.15, 0.2) is 18.2 Å². The molecule has 1 aromatic carbocycles. The number of anilines is 1. The minimum Gasteiger partial charge on any atom is -0.337 e. The van der Waals surface area contributed by atoms with Gasteiger partial charge in [-0.1, -0.05) is 0 Å². The fourth-order valence-electron chi connectivity index (χ4n) is 3.41. The Morgan fingerprint density at radius 1 is 1.29 bits per heavy atom. The van der Waals surface area contributed by atoms with Gasteiger partial charge in [0.25, 0.3) is 0 Å². The van der Waals surface area contributed by atoms with E-state index < -0.39 is 17.6 Å². The van der Waals surface area contributed by atoms with Crippen LogP contribution in [0.25, 0.3) is 0 Å². The lowest BCUT2D eigenvalue weighted by molar-refractivity contribution is -0.139. The Balaban J connectivity index is 1.75. The molecular formula is C17H21F2N3O2. The van der Waals surface area contributed by atoms with E-state index in [-0.39, 0.29) is 42.6 Å². The van der Waals surface area contributed by atoms with Crippen LogP contribution >= 0.6 is 0 Å². The summed E-state index contributed by atoms with van der Waals surface area (Å²) in [6.45, 7) is 5.44. The van der Waals surface area contributed by atoms with Crippen molar-refractivity contribution in [1.82, 2.24) is 10.2 Å². The summed E-state index contributed by atoms with van der Waals surface area (Å²) in [4.78, 5) is 28.1. The SMILES string of the molecule is CC1NCCN(C(=O)C2CC(=O)N(c3ccc(F)cc3F)C2)C1C. The quantitative estimate of drug-likeness (QED) is 0.890. The first-order valence-corrected chi connectivity index (χ1v) is 8.17. The number of benzene rings is 1. The summed E-state index contributed by atoms with van der Waals surface area (Å²) in [6.07, 6.45) is 0.0562. The van der Waals surface area contributed by atoms with Gasteiger partial charge in [0.2, 0.25) is 11.8 Å². The van der Waals surface area contributed by atoms with Crippen molar-refractivity contribution < 1.29 is 18.4 Å². The molecule has 7 heteroatoms. The van der Waals surface area contributed by atoms with Crippen molar-refractivity contribution in [3.63, 3.8) is 0 Å². The summed E-state index contributed by atoms with van der Waals surface area (Å²) in [5.74, 6) is -2.36. The minimum atomic E-state index is -0.791. The van der Waals surface area contributed by atoms with Crippen molar-refractivity contribution in [2.45, 2.75) is 32.4 Å². The number of halogens is 2. The zero-order valence-electron chi connectivity index (χ0n) is 13.8. The zero-order valence-corrected chi connectivity index (χ0v) is 13.8. The maximum atomic E-state index is 13.9. The van der Waals surface area contributed by atoms with E-state index >= 15 is 0 Å². The fourth-order valence-corrected chi connectivity index (χ4v) is 3.41. The second-order valence-electron chi connectivity index (χ2n) is 6.52. The number of carbonyl (C=O) groups excluding carboxylic acids is 2. The number of nitrogens with one attached hydrogen (secondary N) is 1. The second kappa shape index (κ2) is 6.47. The molecule has 0 aromatic heterocycles. The predicted molar refractivity (Wildman–Crippen MR) is 85.5 cm³/mol. The van der Waals surface area contributed by atoms with Gasteiger partial charge in [0.15, 0.2) is 0 Å². The zero-order chi connectivity index (χ0) is 17.4. The Kier molecular flexibility index (Phi) is 4.54. The van der Waals surface area contributed by atoms with Gasteiger partial charge in [-0.3, -0.25) is 9.59 Å². The van der Waals surface area contributed by atoms with E-state index in [9.17, 15) is 18.4 Å². The number of hydrogen-bond donors (Lipinski definition) is 1. The lowest BCUT2D eigenvalue weighted by atomic mass is 10.0. The van der Waals surface area contributed by atoms with Crippen LogP contribution in [0.1, 0.15) is 20.3 Å². The first kappa shape index (κ1) is 16.8. The lowest BCUT2D eigenvalue weighted by Gasteiger charge is -2.39. The van der Waals surface area contributed by atoms with E-state index in [2.05, 4.69) is 5.32 Å². The van der Waals surface area contributed by atoms with Crippen LogP contribution in [-0.4, -0.2) is 48.4 Å². The third-order valence-corrected chi connectivity index (χ3v) is 4.99. The molecule has 3 unspecified atom stereocenters. The molecule has 2 saturated heterocycles. The number of hydrogen-bond acceptors (Lipinski definition) is 3. The van der Waals surface area contributed by atoms with Gasteiger partial charge in [0, 0.05) is 44.2 Å². The Bertz CT molecular complexity index is 667. The summed E-state index contributed by atoms with van der Waals surface area (Å²) in [5.41, 5.74) is 0.0263. The fraction of sp³-hybridized carbons (Fsp3) is 0.529. The molecule has 0 spiro atoms. The Morgan fingerprint density at radius 3 is 2.75 bits per heavy atom. The Morgan fingerprint density at radius 2 is 2.04 bits per heavy atom. The molecule has 5 nitrogen and oxygen atoms in total. The lowest BCUT2D eigenvalue weighted by Crippen LogP contribution is -2.58. The van der Waals surface area contributed by atoms with Gasteiger partial charge in [-0.25, -0.2) is 8.78 Å². The molecular weight excluding hydrogens is 316 g/mol. The number of piperazine rings is 1. The van der Waals surface area contributed by atoms with Crippen molar-refractivity contribution in [2.75, 3.05) is 24.5 Å². The van der Waals surface area contributed by atoms with Crippen LogP contribution < -0.4 is 10.2 Å². The molecule has 2 amide bonds. The number of carbonyl (C=O) groups is 2.